The molecule has 3 aromatic carbocycles. The lowest BCUT2D eigenvalue weighted by molar-refractivity contribution is 0.0642. The van der Waals surface area contributed by atoms with Crippen molar-refractivity contribution in [1.29, 1.82) is 0 Å². The normalized spacial score (nSPS) is 12.5. The highest BCUT2D eigenvalue weighted by Gasteiger charge is 2.34. The lowest BCUT2D eigenvalue weighted by Crippen LogP contribution is -2.29. The van der Waals surface area contributed by atoms with Crippen molar-refractivity contribution in [1.82, 2.24) is 10.2 Å². The van der Waals surface area contributed by atoms with Crippen LogP contribution in [0.4, 0.5) is 0 Å². The maximum absolute atomic E-state index is 12.7. The quantitative estimate of drug-likeness (QED) is 0.581. The molecule has 0 radical (unpaired) electrons. The Morgan fingerprint density at radius 1 is 0.812 bits per heavy atom. The average Bonchev–Trinajstić information content (AvgIpc) is 3.07. The molecule has 0 aromatic heterocycles. The summed E-state index contributed by atoms with van der Waals surface area (Å²) in [5, 5.41) is 2.87. The number of nitrogens with zero attached hydrogens (tertiary/aromatic N) is 1. The molecule has 0 saturated carbocycles. The minimum absolute atomic E-state index is 0.0978. The molecule has 32 heavy (non-hydrogen) atoms. The summed E-state index contributed by atoms with van der Waals surface area (Å²) in [6.45, 7) is 0.385. The fourth-order valence-corrected chi connectivity index (χ4v) is 3.63. The van der Waals surface area contributed by atoms with Crippen molar-refractivity contribution < 1.29 is 23.9 Å². The average molecular weight is 430 g/mol. The largest absolute Gasteiger partial charge is 0.497 e. The highest BCUT2D eigenvalue weighted by molar-refractivity contribution is 6.21. The van der Waals surface area contributed by atoms with Gasteiger partial charge in [0, 0.05) is 18.2 Å². The Morgan fingerprint density at radius 3 is 2.03 bits per heavy atom. The number of hydrogen-bond acceptors (Lipinski definition) is 5. The molecule has 162 valence electrons. The number of benzene rings is 3. The fourth-order valence-electron chi connectivity index (χ4n) is 3.63. The van der Waals surface area contributed by atoms with E-state index in [9.17, 15) is 14.4 Å². The van der Waals surface area contributed by atoms with Gasteiger partial charge in [0.1, 0.15) is 11.5 Å². The van der Waals surface area contributed by atoms with Crippen LogP contribution in [0.15, 0.2) is 66.7 Å². The molecule has 0 spiro atoms. The molecular weight excluding hydrogens is 408 g/mol. The predicted molar refractivity (Wildman–Crippen MR) is 118 cm³/mol. The van der Waals surface area contributed by atoms with E-state index in [0.29, 0.717) is 33.8 Å². The Hall–Kier alpha value is -4.13. The molecule has 3 aromatic rings. The second-order valence-corrected chi connectivity index (χ2v) is 7.35. The van der Waals surface area contributed by atoms with Gasteiger partial charge in [-0.3, -0.25) is 19.3 Å². The number of hydrogen-bond donors (Lipinski definition) is 1. The third kappa shape index (κ3) is 4.18. The van der Waals surface area contributed by atoms with Gasteiger partial charge in [-0.2, -0.15) is 0 Å². The number of carbonyl (C=O) groups is 3. The first-order valence-corrected chi connectivity index (χ1v) is 10.0. The van der Waals surface area contributed by atoms with Crippen molar-refractivity contribution in [2.75, 3.05) is 14.2 Å². The van der Waals surface area contributed by atoms with Crippen LogP contribution in [-0.2, 0) is 13.1 Å². The van der Waals surface area contributed by atoms with Crippen LogP contribution in [0.1, 0.15) is 42.2 Å². The van der Waals surface area contributed by atoms with Gasteiger partial charge in [0.2, 0.25) is 0 Å². The Morgan fingerprint density at radius 2 is 1.44 bits per heavy atom. The zero-order chi connectivity index (χ0) is 22.7. The van der Waals surface area contributed by atoms with Gasteiger partial charge >= 0.3 is 0 Å². The maximum atomic E-state index is 12.7. The van der Waals surface area contributed by atoms with E-state index in [1.807, 2.05) is 12.1 Å². The first kappa shape index (κ1) is 21.1. The van der Waals surface area contributed by atoms with Crippen LogP contribution < -0.4 is 14.8 Å². The molecule has 1 aliphatic rings. The van der Waals surface area contributed by atoms with Crippen LogP contribution in [0, 0.1) is 0 Å². The van der Waals surface area contributed by atoms with Gasteiger partial charge in [0.25, 0.3) is 17.7 Å². The van der Waals surface area contributed by atoms with Crippen molar-refractivity contribution >= 4 is 17.7 Å². The van der Waals surface area contributed by atoms with Crippen LogP contribution in [0.25, 0.3) is 0 Å². The third-order valence-electron chi connectivity index (χ3n) is 5.27. The van der Waals surface area contributed by atoms with Crippen molar-refractivity contribution in [2.24, 2.45) is 0 Å². The summed E-state index contributed by atoms with van der Waals surface area (Å²) < 4.78 is 10.5. The Kier molecular flexibility index (Phi) is 5.89. The number of imide groups is 1. The van der Waals surface area contributed by atoms with E-state index in [2.05, 4.69) is 5.32 Å². The number of rotatable bonds is 7. The molecule has 0 fully saturated rings. The zero-order valence-electron chi connectivity index (χ0n) is 17.8. The summed E-state index contributed by atoms with van der Waals surface area (Å²) in [4.78, 5) is 39.1. The molecule has 0 saturated heterocycles. The topological polar surface area (TPSA) is 84.9 Å². The minimum atomic E-state index is -0.326. The van der Waals surface area contributed by atoms with E-state index in [1.165, 1.54) is 4.90 Å². The van der Waals surface area contributed by atoms with Crippen molar-refractivity contribution in [3.8, 4) is 11.5 Å². The summed E-state index contributed by atoms with van der Waals surface area (Å²) in [7, 11) is 3.13. The summed E-state index contributed by atoms with van der Waals surface area (Å²) in [5.41, 5.74) is 2.76. The first-order valence-electron chi connectivity index (χ1n) is 10.0. The van der Waals surface area contributed by atoms with Crippen LogP contribution >= 0.6 is 0 Å². The monoisotopic (exact) mass is 430 g/mol. The molecule has 1 aliphatic heterocycles. The highest BCUT2D eigenvalue weighted by Crippen LogP contribution is 2.25. The van der Waals surface area contributed by atoms with Crippen LogP contribution in [0.3, 0.4) is 0 Å². The second kappa shape index (κ2) is 8.93. The number of carbonyl (C=O) groups excluding carboxylic acids is 3. The molecule has 0 aliphatic carbocycles. The van der Waals surface area contributed by atoms with E-state index in [4.69, 9.17) is 9.47 Å². The van der Waals surface area contributed by atoms with Gasteiger partial charge < -0.3 is 14.8 Å². The molecule has 4 rings (SSSR count). The van der Waals surface area contributed by atoms with E-state index >= 15 is 0 Å². The standard InChI is InChI=1S/C25H22N2O5/c1-31-19-11-17(12-20(13-19)32-2)14-26-23(28)18-7-5-6-16(10-18)15-27-24(29)21-8-3-4-9-22(21)25(27)30/h3-13H,14-15H2,1-2H3,(H,26,28). The molecule has 1 N–H and O–H groups in total. The van der Waals surface area contributed by atoms with E-state index in [-0.39, 0.29) is 30.8 Å². The van der Waals surface area contributed by atoms with E-state index in [1.54, 1.807) is 68.8 Å². The fraction of sp³-hybridized carbons (Fsp3) is 0.160. The smallest absolute Gasteiger partial charge is 0.261 e. The van der Waals surface area contributed by atoms with Gasteiger partial charge in [-0.25, -0.2) is 0 Å². The van der Waals surface area contributed by atoms with Crippen LogP contribution in [-0.4, -0.2) is 36.8 Å². The summed E-state index contributed by atoms with van der Waals surface area (Å²) in [6, 6.07) is 19.0. The van der Waals surface area contributed by atoms with Gasteiger partial charge in [0.05, 0.1) is 31.9 Å². The lowest BCUT2D eigenvalue weighted by atomic mass is 10.1. The molecule has 7 nitrogen and oxygen atoms in total. The summed E-state index contributed by atoms with van der Waals surface area (Å²) in [5.74, 6) is 0.351. The molecule has 0 atom stereocenters. The molecule has 3 amide bonds. The van der Waals surface area contributed by atoms with E-state index < -0.39 is 0 Å². The van der Waals surface area contributed by atoms with E-state index in [0.717, 1.165) is 5.56 Å². The minimum Gasteiger partial charge on any atom is -0.497 e. The van der Waals surface area contributed by atoms with Gasteiger partial charge in [-0.1, -0.05) is 24.3 Å². The van der Waals surface area contributed by atoms with Crippen molar-refractivity contribution in [3.05, 3.63) is 94.5 Å². The number of amides is 3. The maximum Gasteiger partial charge on any atom is 0.261 e. The molecular formula is C25H22N2O5. The SMILES string of the molecule is COc1cc(CNC(=O)c2cccc(CN3C(=O)c4ccccc4C3=O)c2)cc(OC)c1. The molecule has 0 unspecified atom stereocenters. The van der Waals surface area contributed by atoms with Gasteiger partial charge in [-0.05, 0) is 47.5 Å². The molecule has 1 heterocycles. The summed E-state index contributed by atoms with van der Waals surface area (Å²) >= 11 is 0. The Bertz CT molecular complexity index is 1150. The number of fused-ring (bicyclic) bond motifs is 1. The summed E-state index contributed by atoms with van der Waals surface area (Å²) in [6.07, 6.45) is 0. The molecule has 7 heteroatoms. The third-order valence-corrected chi connectivity index (χ3v) is 5.27. The zero-order valence-corrected chi connectivity index (χ0v) is 17.8. The van der Waals surface area contributed by atoms with Crippen molar-refractivity contribution in [3.63, 3.8) is 0 Å². The Labute approximate surface area is 185 Å². The lowest BCUT2D eigenvalue weighted by Gasteiger charge is -2.15. The van der Waals surface area contributed by atoms with Gasteiger partial charge in [0.15, 0.2) is 0 Å². The highest BCUT2D eigenvalue weighted by atomic mass is 16.5. The number of methoxy groups -OCH3 is 2. The first-order chi connectivity index (χ1) is 15.5. The molecule has 0 bridgehead atoms. The van der Waals surface area contributed by atoms with Crippen molar-refractivity contribution in [2.45, 2.75) is 13.1 Å². The van der Waals surface area contributed by atoms with Gasteiger partial charge in [-0.15, -0.1) is 0 Å². The van der Waals surface area contributed by atoms with Crippen LogP contribution in [0.2, 0.25) is 0 Å². The Balaban J connectivity index is 1.45. The second-order valence-electron chi connectivity index (χ2n) is 7.35. The number of ether oxygens (including phenoxy) is 2. The van der Waals surface area contributed by atoms with Crippen LogP contribution in [0.5, 0.6) is 11.5 Å². The number of nitrogens with one attached hydrogen (secondary N) is 1. The predicted octanol–water partition coefficient (Wildman–Crippen LogP) is 3.43.